The molecule has 4 nitrogen and oxygen atoms in total. The molecular formula is C14H15BrN2O2. The maximum Gasteiger partial charge on any atom is 0.296 e. The Hall–Kier alpha value is -1.36. The van der Waals surface area contributed by atoms with Crippen molar-refractivity contribution in [3.05, 3.63) is 22.2 Å². The Morgan fingerprint density at radius 2 is 2.11 bits per heavy atom. The summed E-state index contributed by atoms with van der Waals surface area (Å²) in [5.74, 6) is 0.552. The second-order valence-electron chi connectivity index (χ2n) is 5.49. The van der Waals surface area contributed by atoms with Gasteiger partial charge in [0.2, 0.25) is 0 Å². The van der Waals surface area contributed by atoms with Gasteiger partial charge in [0.1, 0.15) is 0 Å². The number of hydrogen-bond donors (Lipinski definition) is 1. The van der Waals surface area contributed by atoms with E-state index in [1.165, 1.54) is 6.42 Å². The van der Waals surface area contributed by atoms with Crippen LogP contribution in [0.5, 0.6) is 0 Å². The van der Waals surface area contributed by atoms with Crippen LogP contribution in [0.3, 0.4) is 0 Å². The summed E-state index contributed by atoms with van der Waals surface area (Å²) in [6, 6.07) is 3.60. The van der Waals surface area contributed by atoms with Gasteiger partial charge in [0, 0.05) is 18.1 Å². The summed E-state index contributed by atoms with van der Waals surface area (Å²) in [4.78, 5) is 25.2. The quantitative estimate of drug-likeness (QED) is 0.870. The van der Waals surface area contributed by atoms with Crippen LogP contribution in [0.1, 0.15) is 23.7 Å². The third-order valence-electron chi connectivity index (χ3n) is 3.98. The average Bonchev–Trinajstić information content (AvgIpc) is 2.97. The van der Waals surface area contributed by atoms with Gasteiger partial charge in [-0.05, 0) is 46.3 Å². The number of carbonyl (C=O) groups excluding carboxylic acids is 2. The molecule has 100 valence electrons. The van der Waals surface area contributed by atoms with Crippen molar-refractivity contribution in [2.45, 2.75) is 13.3 Å². The van der Waals surface area contributed by atoms with Crippen LogP contribution >= 0.6 is 15.9 Å². The molecule has 5 heteroatoms. The number of rotatable bonds is 3. The number of halogens is 1. The molecular weight excluding hydrogens is 308 g/mol. The summed E-state index contributed by atoms with van der Waals surface area (Å²) in [6.07, 6.45) is 1.28. The first-order chi connectivity index (χ1) is 8.97. The highest BCUT2D eigenvalue weighted by atomic mass is 79.9. The fourth-order valence-corrected chi connectivity index (χ4v) is 3.20. The van der Waals surface area contributed by atoms with Crippen LogP contribution in [0, 0.1) is 11.8 Å². The summed E-state index contributed by atoms with van der Waals surface area (Å²) in [5, 5.41) is 2.61. The zero-order valence-electron chi connectivity index (χ0n) is 10.9. The third-order valence-corrected chi connectivity index (χ3v) is 4.62. The lowest BCUT2D eigenvalue weighted by molar-refractivity contribution is -0.112. The summed E-state index contributed by atoms with van der Waals surface area (Å²) in [5.41, 5.74) is 2.07. The highest BCUT2D eigenvalue weighted by Gasteiger charge is 2.34. The minimum atomic E-state index is -0.544. The Balaban J connectivity index is 1.89. The van der Waals surface area contributed by atoms with Gasteiger partial charge >= 0.3 is 0 Å². The number of amides is 1. The highest BCUT2D eigenvalue weighted by Crippen LogP contribution is 2.41. The molecule has 2 atom stereocenters. The van der Waals surface area contributed by atoms with Gasteiger partial charge in [0.25, 0.3) is 11.7 Å². The first-order valence-electron chi connectivity index (χ1n) is 6.37. The normalized spacial score (nSPS) is 24.2. The predicted octanol–water partition coefficient (Wildman–Crippen LogP) is 2.68. The van der Waals surface area contributed by atoms with Crippen molar-refractivity contribution in [3.63, 3.8) is 0 Å². The molecule has 1 aliphatic carbocycles. The average molecular weight is 323 g/mol. The fraction of sp³-hybridized carbons (Fsp3) is 0.429. The molecule has 1 N–H and O–H groups in total. The zero-order valence-corrected chi connectivity index (χ0v) is 12.5. The van der Waals surface area contributed by atoms with Gasteiger partial charge < -0.3 is 10.2 Å². The molecule has 1 aliphatic heterocycles. The van der Waals surface area contributed by atoms with Crippen molar-refractivity contribution in [2.75, 3.05) is 23.8 Å². The van der Waals surface area contributed by atoms with E-state index in [1.807, 2.05) is 13.1 Å². The lowest BCUT2D eigenvalue weighted by atomic mass is 10.1. The number of ketones is 1. The maximum absolute atomic E-state index is 11.6. The van der Waals surface area contributed by atoms with Crippen LogP contribution < -0.4 is 10.2 Å². The number of carbonyl (C=O) groups is 2. The molecule has 0 spiro atoms. The van der Waals surface area contributed by atoms with Crippen LogP contribution in [0.25, 0.3) is 0 Å². The van der Waals surface area contributed by atoms with Gasteiger partial charge in [0.05, 0.1) is 16.9 Å². The van der Waals surface area contributed by atoms with E-state index in [1.54, 1.807) is 6.07 Å². The molecule has 0 saturated heterocycles. The van der Waals surface area contributed by atoms with Crippen molar-refractivity contribution < 1.29 is 9.59 Å². The van der Waals surface area contributed by atoms with Crippen molar-refractivity contribution in [1.82, 2.24) is 0 Å². The summed E-state index contributed by atoms with van der Waals surface area (Å²) >= 11 is 3.49. The molecule has 0 bridgehead atoms. The number of Topliss-reactive ketones (excluding diaryl/α,β-unsaturated/α-hetero) is 1. The molecule has 1 aromatic rings. The smallest absolute Gasteiger partial charge is 0.296 e. The molecule has 3 rings (SSSR count). The standard InChI is InChI=1S/C14H15BrN2O2/c1-7-3-8(7)6-17(2)12-5-11-9(4-10(12)15)13(18)14(19)16-11/h4-5,7-8H,3,6H2,1-2H3,(H,16,18,19). The molecule has 1 saturated carbocycles. The molecule has 2 unspecified atom stereocenters. The Kier molecular flexibility index (Phi) is 2.89. The number of anilines is 2. The Bertz CT molecular complexity index is 585. The van der Waals surface area contributed by atoms with Crippen molar-refractivity contribution >= 4 is 39.0 Å². The predicted molar refractivity (Wildman–Crippen MR) is 77.6 cm³/mol. The van der Waals surface area contributed by atoms with Crippen molar-refractivity contribution in [3.8, 4) is 0 Å². The molecule has 1 heterocycles. The van der Waals surface area contributed by atoms with E-state index < -0.39 is 11.7 Å². The summed E-state index contributed by atoms with van der Waals surface area (Å²) in [7, 11) is 2.04. The zero-order chi connectivity index (χ0) is 13.7. The molecule has 0 aromatic heterocycles. The maximum atomic E-state index is 11.6. The van der Waals surface area contributed by atoms with E-state index in [9.17, 15) is 9.59 Å². The van der Waals surface area contributed by atoms with E-state index in [2.05, 4.69) is 33.1 Å². The van der Waals surface area contributed by atoms with Gasteiger partial charge in [-0.25, -0.2) is 0 Å². The van der Waals surface area contributed by atoms with Gasteiger partial charge in [-0.3, -0.25) is 9.59 Å². The first-order valence-corrected chi connectivity index (χ1v) is 7.17. The lowest BCUT2D eigenvalue weighted by Crippen LogP contribution is -2.21. The minimum Gasteiger partial charge on any atom is -0.373 e. The Morgan fingerprint density at radius 3 is 2.74 bits per heavy atom. The molecule has 1 aromatic carbocycles. The number of fused-ring (bicyclic) bond motifs is 1. The van der Waals surface area contributed by atoms with Crippen LogP contribution in [0.15, 0.2) is 16.6 Å². The van der Waals surface area contributed by atoms with E-state index in [-0.39, 0.29) is 0 Å². The second-order valence-corrected chi connectivity index (χ2v) is 6.34. The topological polar surface area (TPSA) is 49.4 Å². The minimum absolute atomic E-state index is 0.453. The van der Waals surface area contributed by atoms with Crippen LogP contribution in [-0.4, -0.2) is 25.3 Å². The third kappa shape index (κ3) is 2.16. The van der Waals surface area contributed by atoms with E-state index >= 15 is 0 Å². The monoisotopic (exact) mass is 322 g/mol. The SMILES string of the molecule is CC1CC1CN(C)c1cc2c(cc1Br)C(=O)C(=O)N2. The molecule has 1 fully saturated rings. The van der Waals surface area contributed by atoms with Gasteiger partial charge in [-0.2, -0.15) is 0 Å². The summed E-state index contributed by atoms with van der Waals surface area (Å²) < 4.78 is 0.854. The number of hydrogen-bond acceptors (Lipinski definition) is 3. The fourth-order valence-electron chi connectivity index (χ4n) is 2.55. The number of nitrogens with zero attached hydrogens (tertiary/aromatic N) is 1. The largest absolute Gasteiger partial charge is 0.373 e. The molecule has 0 radical (unpaired) electrons. The van der Waals surface area contributed by atoms with E-state index in [0.717, 1.165) is 28.5 Å². The van der Waals surface area contributed by atoms with E-state index in [4.69, 9.17) is 0 Å². The van der Waals surface area contributed by atoms with Crippen LogP contribution in [0.4, 0.5) is 11.4 Å². The highest BCUT2D eigenvalue weighted by molar-refractivity contribution is 9.10. The number of nitrogens with one attached hydrogen (secondary N) is 1. The van der Waals surface area contributed by atoms with Gasteiger partial charge in [0.15, 0.2) is 0 Å². The first kappa shape index (κ1) is 12.7. The number of benzene rings is 1. The Morgan fingerprint density at radius 1 is 1.42 bits per heavy atom. The summed E-state index contributed by atoms with van der Waals surface area (Å²) in [6.45, 7) is 3.26. The van der Waals surface area contributed by atoms with E-state index in [0.29, 0.717) is 11.3 Å². The van der Waals surface area contributed by atoms with Gasteiger partial charge in [-0.15, -0.1) is 0 Å². The van der Waals surface area contributed by atoms with Crippen molar-refractivity contribution in [1.29, 1.82) is 0 Å². The lowest BCUT2D eigenvalue weighted by Gasteiger charge is -2.21. The molecule has 19 heavy (non-hydrogen) atoms. The van der Waals surface area contributed by atoms with Gasteiger partial charge in [-0.1, -0.05) is 6.92 Å². The molecule has 2 aliphatic rings. The van der Waals surface area contributed by atoms with Crippen molar-refractivity contribution in [2.24, 2.45) is 11.8 Å². The molecule has 1 amide bonds. The second kappa shape index (κ2) is 4.34. The van der Waals surface area contributed by atoms with Crippen LogP contribution in [-0.2, 0) is 4.79 Å². The van der Waals surface area contributed by atoms with Crippen LogP contribution in [0.2, 0.25) is 0 Å². The Labute approximate surface area is 120 Å².